The van der Waals surface area contributed by atoms with Crippen molar-refractivity contribution in [3.8, 4) is 0 Å². The number of hydrogen-bond acceptors (Lipinski definition) is 3. The van der Waals surface area contributed by atoms with E-state index in [2.05, 4.69) is 26.6 Å². The van der Waals surface area contributed by atoms with Crippen molar-refractivity contribution in [3.05, 3.63) is 28.5 Å². The van der Waals surface area contributed by atoms with Crippen LogP contribution in [0.2, 0.25) is 0 Å². The standard InChI is InChI=1S/C11H12BrFN2O2/c12-8-3-6(13)1-2-9(8)15-11(17)10-4-7(16)5-14-10/h1-3,7,10,14,16H,4-5H2,(H,15,17). The largest absolute Gasteiger partial charge is 0.392 e. The van der Waals surface area contributed by atoms with Gasteiger partial charge in [0.25, 0.3) is 0 Å². The van der Waals surface area contributed by atoms with E-state index < -0.39 is 12.1 Å². The van der Waals surface area contributed by atoms with Gasteiger partial charge >= 0.3 is 0 Å². The van der Waals surface area contributed by atoms with E-state index in [9.17, 15) is 14.3 Å². The molecule has 0 spiro atoms. The van der Waals surface area contributed by atoms with Gasteiger partial charge in [-0.05, 0) is 40.5 Å². The van der Waals surface area contributed by atoms with Gasteiger partial charge in [0.15, 0.2) is 0 Å². The number of benzene rings is 1. The Balaban J connectivity index is 2.03. The third-order valence-electron chi connectivity index (χ3n) is 2.61. The zero-order chi connectivity index (χ0) is 12.4. The molecule has 0 aromatic heterocycles. The van der Waals surface area contributed by atoms with Crippen molar-refractivity contribution in [2.24, 2.45) is 0 Å². The predicted octanol–water partition coefficient (Wildman–Crippen LogP) is 1.25. The van der Waals surface area contributed by atoms with Crippen molar-refractivity contribution in [2.45, 2.75) is 18.6 Å². The molecule has 17 heavy (non-hydrogen) atoms. The Hall–Kier alpha value is -0.980. The third kappa shape index (κ3) is 3.02. The minimum Gasteiger partial charge on any atom is -0.392 e. The van der Waals surface area contributed by atoms with Crippen molar-refractivity contribution in [1.82, 2.24) is 5.32 Å². The van der Waals surface area contributed by atoms with E-state index in [-0.39, 0.29) is 11.7 Å². The Kier molecular flexibility index (Phi) is 3.76. The average molecular weight is 303 g/mol. The molecule has 4 nitrogen and oxygen atoms in total. The maximum atomic E-state index is 12.8. The summed E-state index contributed by atoms with van der Waals surface area (Å²) in [4.78, 5) is 11.8. The van der Waals surface area contributed by atoms with Crippen LogP contribution in [-0.4, -0.2) is 29.7 Å². The number of β-amino-alcohol motifs (C(OH)–C–C–N with tert-alkyl or cyclic N) is 1. The lowest BCUT2D eigenvalue weighted by Crippen LogP contribution is -2.35. The lowest BCUT2D eigenvalue weighted by molar-refractivity contribution is -0.117. The van der Waals surface area contributed by atoms with Crippen molar-refractivity contribution in [1.29, 1.82) is 0 Å². The van der Waals surface area contributed by atoms with E-state index in [0.717, 1.165) is 0 Å². The van der Waals surface area contributed by atoms with Crippen LogP contribution in [0.1, 0.15) is 6.42 Å². The van der Waals surface area contributed by atoms with Crippen LogP contribution < -0.4 is 10.6 Å². The van der Waals surface area contributed by atoms with Crippen LogP contribution in [0.5, 0.6) is 0 Å². The minimum absolute atomic E-state index is 0.228. The molecule has 1 amide bonds. The van der Waals surface area contributed by atoms with Crippen LogP contribution in [0.15, 0.2) is 22.7 Å². The molecule has 1 aromatic rings. The van der Waals surface area contributed by atoms with Gasteiger partial charge in [0.2, 0.25) is 5.91 Å². The van der Waals surface area contributed by atoms with Crippen LogP contribution in [0.4, 0.5) is 10.1 Å². The van der Waals surface area contributed by atoms with Crippen molar-refractivity contribution < 1.29 is 14.3 Å². The van der Waals surface area contributed by atoms with Crippen LogP contribution in [0, 0.1) is 5.82 Å². The Morgan fingerprint density at radius 1 is 1.59 bits per heavy atom. The molecule has 1 aromatic carbocycles. The highest BCUT2D eigenvalue weighted by atomic mass is 79.9. The highest BCUT2D eigenvalue weighted by Crippen LogP contribution is 2.23. The smallest absolute Gasteiger partial charge is 0.241 e. The molecule has 3 N–H and O–H groups in total. The molecule has 0 aliphatic carbocycles. The Labute approximate surface area is 106 Å². The number of hydrogen-bond donors (Lipinski definition) is 3. The van der Waals surface area contributed by atoms with Crippen molar-refractivity contribution in [3.63, 3.8) is 0 Å². The highest BCUT2D eigenvalue weighted by molar-refractivity contribution is 9.10. The summed E-state index contributed by atoms with van der Waals surface area (Å²) in [5, 5.41) is 14.9. The second-order valence-corrected chi connectivity index (χ2v) is 4.82. The fourth-order valence-corrected chi connectivity index (χ4v) is 2.18. The van der Waals surface area contributed by atoms with E-state index >= 15 is 0 Å². The van der Waals surface area contributed by atoms with E-state index in [1.165, 1.54) is 18.2 Å². The van der Waals surface area contributed by atoms with Gasteiger partial charge < -0.3 is 15.7 Å². The number of halogens is 2. The van der Waals surface area contributed by atoms with Gasteiger partial charge in [0.1, 0.15) is 5.82 Å². The first-order valence-electron chi connectivity index (χ1n) is 5.23. The molecule has 1 aliphatic rings. The van der Waals surface area contributed by atoms with Gasteiger partial charge in [-0.15, -0.1) is 0 Å². The average Bonchev–Trinajstić information content (AvgIpc) is 2.69. The van der Waals surface area contributed by atoms with E-state index in [1.807, 2.05) is 0 Å². The van der Waals surface area contributed by atoms with Gasteiger partial charge in [-0.2, -0.15) is 0 Å². The van der Waals surface area contributed by atoms with Crippen molar-refractivity contribution >= 4 is 27.5 Å². The van der Waals surface area contributed by atoms with Gasteiger partial charge in [0, 0.05) is 11.0 Å². The Morgan fingerprint density at radius 2 is 2.35 bits per heavy atom. The SMILES string of the molecule is O=C(Nc1ccc(F)cc1Br)C1CC(O)CN1. The number of carbonyl (C=O) groups is 1. The molecule has 2 rings (SSSR count). The topological polar surface area (TPSA) is 61.4 Å². The molecular formula is C11H12BrFN2O2. The van der Waals surface area contributed by atoms with E-state index in [4.69, 9.17) is 0 Å². The summed E-state index contributed by atoms with van der Waals surface area (Å²) < 4.78 is 13.3. The van der Waals surface area contributed by atoms with Crippen LogP contribution in [-0.2, 0) is 4.79 Å². The number of aliphatic hydroxyl groups is 1. The molecule has 1 saturated heterocycles. The van der Waals surface area contributed by atoms with Gasteiger partial charge in [0.05, 0.1) is 17.8 Å². The number of carbonyl (C=O) groups excluding carboxylic acids is 1. The summed E-state index contributed by atoms with van der Waals surface area (Å²) in [6.45, 7) is 0.419. The lowest BCUT2D eigenvalue weighted by Gasteiger charge is -2.12. The molecular weight excluding hydrogens is 291 g/mol. The van der Waals surface area contributed by atoms with E-state index in [0.29, 0.717) is 23.1 Å². The molecule has 0 radical (unpaired) electrons. The number of amides is 1. The second kappa shape index (κ2) is 5.12. The van der Waals surface area contributed by atoms with Crippen molar-refractivity contribution in [2.75, 3.05) is 11.9 Å². The number of rotatable bonds is 2. The molecule has 2 atom stereocenters. The molecule has 2 unspecified atom stereocenters. The van der Waals surface area contributed by atoms with Gasteiger partial charge in [-0.3, -0.25) is 4.79 Å². The molecule has 92 valence electrons. The molecule has 1 fully saturated rings. The molecule has 1 heterocycles. The zero-order valence-corrected chi connectivity index (χ0v) is 10.5. The third-order valence-corrected chi connectivity index (χ3v) is 3.27. The predicted molar refractivity (Wildman–Crippen MR) is 65.1 cm³/mol. The Morgan fingerprint density at radius 3 is 2.94 bits per heavy atom. The molecule has 6 heteroatoms. The molecule has 0 saturated carbocycles. The van der Waals surface area contributed by atoms with Gasteiger partial charge in [-0.1, -0.05) is 0 Å². The first-order chi connectivity index (χ1) is 8.06. The quantitative estimate of drug-likeness (QED) is 0.770. The summed E-state index contributed by atoms with van der Waals surface area (Å²) >= 11 is 3.17. The Bertz CT molecular complexity index is 441. The fraction of sp³-hybridized carbons (Fsp3) is 0.364. The van der Waals surface area contributed by atoms with Crippen LogP contribution >= 0.6 is 15.9 Å². The molecule has 0 bridgehead atoms. The summed E-state index contributed by atoms with van der Waals surface area (Å²) in [6, 6.07) is 3.65. The summed E-state index contributed by atoms with van der Waals surface area (Å²) in [7, 11) is 0. The number of anilines is 1. The van der Waals surface area contributed by atoms with E-state index in [1.54, 1.807) is 0 Å². The maximum absolute atomic E-state index is 12.8. The number of nitrogens with one attached hydrogen (secondary N) is 2. The lowest BCUT2D eigenvalue weighted by atomic mass is 10.2. The van der Waals surface area contributed by atoms with Gasteiger partial charge in [-0.25, -0.2) is 4.39 Å². The maximum Gasteiger partial charge on any atom is 0.241 e. The van der Waals surface area contributed by atoms with Crippen LogP contribution in [0.25, 0.3) is 0 Å². The minimum atomic E-state index is -0.484. The van der Waals surface area contributed by atoms with Crippen LogP contribution in [0.3, 0.4) is 0 Å². The molecule has 1 aliphatic heterocycles. The normalized spacial score (nSPS) is 23.7. The highest BCUT2D eigenvalue weighted by Gasteiger charge is 2.28. The summed E-state index contributed by atoms with van der Waals surface area (Å²) in [5.74, 6) is -0.599. The second-order valence-electron chi connectivity index (χ2n) is 3.96. The summed E-state index contributed by atoms with van der Waals surface area (Å²) in [6.07, 6.45) is -0.0904. The first-order valence-corrected chi connectivity index (χ1v) is 6.03. The zero-order valence-electron chi connectivity index (χ0n) is 8.91. The fourth-order valence-electron chi connectivity index (χ4n) is 1.73. The summed E-state index contributed by atoms with van der Waals surface area (Å²) in [5.41, 5.74) is 0.514. The monoisotopic (exact) mass is 302 g/mol. The first kappa shape index (κ1) is 12.5. The number of aliphatic hydroxyl groups excluding tert-OH is 1.